The van der Waals surface area contributed by atoms with Gasteiger partial charge in [-0.1, -0.05) is 11.3 Å². The first-order chi connectivity index (χ1) is 8.88. The minimum absolute atomic E-state index is 0.108. The molecule has 102 valence electrons. The molecule has 9 heteroatoms. The van der Waals surface area contributed by atoms with E-state index >= 15 is 0 Å². The highest BCUT2D eigenvalue weighted by Gasteiger charge is 2.31. The average Bonchev–Trinajstić information content (AvgIpc) is 2.73. The third-order valence-corrected chi connectivity index (χ3v) is 3.16. The maximum atomic E-state index is 12.7. The topological polar surface area (TPSA) is 49.9 Å². The number of halogens is 3. The van der Waals surface area contributed by atoms with E-state index in [2.05, 4.69) is 15.5 Å². The van der Waals surface area contributed by atoms with Crippen molar-refractivity contribution in [1.82, 2.24) is 10.2 Å². The maximum Gasteiger partial charge on any atom is 0.416 e. The summed E-state index contributed by atoms with van der Waals surface area (Å²) < 4.78 is 43.4. The van der Waals surface area contributed by atoms with Crippen LogP contribution in [0.4, 0.5) is 24.0 Å². The standard InChI is InChI=1S/C10H8F3N3OS2/c1-17-7-3-5(10(11,12)13)2-6(4-7)14-8-15-16-9(18)19-8/h2-4H,1H3,(H,14,15)(H,16,18). The summed E-state index contributed by atoms with van der Waals surface area (Å²) in [5.41, 5.74) is -0.571. The van der Waals surface area contributed by atoms with Gasteiger partial charge in [-0.2, -0.15) is 13.2 Å². The van der Waals surface area contributed by atoms with Crippen molar-refractivity contribution < 1.29 is 17.9 Å². The number of nitrogens with one attached hydrogen (secondary N) is 2. The minimum atomic E-state index is -4.44. The van der Waals surface area contributed by atoms with Gasteiger partial charge in [-0.15, -0.1) is 5.10 Å². The zero-order chi connectivity index (χ0) is 14.0. The second kappa shape index (κ2) is 5.17. The Morgan fingerprint density at radius 3 is 2.63 bits per heavy atom. The molecule has 2 rings (SSSR count). The fraction of sp³-hybridized carbons (Fsp3) is 0.200. The molecule has 0 aliphatic carbocycles. The van der Waals surface area contributed by atoms with Gasteiger partial charge in [-0.3, -0.25) is 5.10 Å². The first kappa shape index (κ1) is 13.8. The maximum absolute atomic E-state index is 12.7. The minimum Gasteiger partial charge on any atom is -0.497 e. The normalized spacial score (nSPS) is 11.4. The van der Waals surface area contributed by atoms with Gasteiger partial charge in [0.15, 0.2) is 3.95 Å². The predicted octanol–water partition coefficient (Wildman–Crippen LogP) is 3.97. The quantitative estimate of drug-likeness (QED) is 0.842. The summed E-state index contributed by atoms with van der Waals surface area (Å²) in [6, 6.07) is 3.35. The molecule has 0 unspecified atom stereocenters. The van der Waals surface area contributed by atoms with E-state index in [0.29, 0.717) is 9.09 Å². The van der Waals surface area contributed by atoms with Crippen molar-refractivity contribution in [3.8, 4) is 5.75 Å². The molecule has 2 N–H and O–H groups in total. The number of nitrogens with zero attached hydrogens (tertiary/aromatic N) is 1. The van der Waals surface area contributed by atoms with Crippen LogP contribution < -0.4 is 10.1 Å². The summed E-state index contributed by atoms with van der Waals surface area (Å²) >= 11 is 5.96. The molecule has 0 amide bonds. The van der Waals surface area contributed by atoms with Crippen LogP contribution >= 0.6 is 23.6 Å². The molecule has 0 aliphatic rings. The van der Waals surface area contributed by atoms with Crippen molar-refractivity contribution in [1.29, 1.82) is 0 Å². The van der Waals surface area contributed by atoms with Crippen LogP contribution in [0.25, 0.3) is 0 Å². The Labute approximate surface area is 115 Å². The molecule has 0 spiro atoms. The Kier molecular flexibility index (Phi) is 3.76. The lowest BCUT2D eigenvalue weighted by molar-refractivity contribution is -0.137. The Hall–Kier alpha value is -1.61. The second-order valence-electron chi connectivity index (χ2n) is 3.49. The van der Waals surface area contributed by atoms with Crippen molar-refractivity contribution >= 4 is 34.4 Å². The van der Waals surface area contributed by atoms with E-state index < -0.39 is 11.7 Å². The monoisotopic (exact) mass is 307 g/mol. The van der Waals surface area contributed by atoms with Crippen LogP contribution in [0.1, 0.15) is 5.56 Å². The van der Waals surface area contributed by atoms with Crippen LogP contribution in [-0.4, -0.2) is 17.3 Å². The number of alkyl halides is 3. The van der Waals surface area contributed by atoms with E-state index in [0.717, 1.165) is 23.5 Å². The molecule has 4 nitrogen and oxygen atoms in total. The van der Waals surface area contributed by atoms with Crippen LogP contribution in [0.15, 0.2) is 18.2 Å². The van der Waals surface area contributed by atoms with Crippen molar-refractivity contribution in [2.45, 2.75) is 6.18 Å². The first-order valence-corrected chi connectivity index (χ1v) is 6.20. The molecular weight excluding hydrogens is 299 g/mol. The molecule has 0 radical (unpaired) electrons. The van der Waals surface area contributed by atoms with Crippen LogP contribution in [0.5, 0.6) is 5.75 Å². The van der Waals surface area contributed by atoms with Crippen LogP contribution in [-0.2, 0) is 6.18 Å². The number of aromatic amines is 1. The van der Waals surface area contributed by atoms with E-state index in [4.69, 9.17) is 17.0 Å². The third kappa shape index (κ3) is 3.44. The molecule has 0 saturated carbocycles. The summed E-state index contributed by atoms with van der Waals surface area (Å²) in [5.74, 6) is 0.108. The Morgan fingerprint density at radius 2 is 2.11 bits per heavy atom. The summed E-state index contributed by atoms with van der Waals surface area (Å²) in [6.45, 7) is 0. The lowest BCUT2D eigenvalue weighted by Gasteiger charge is -2.11. The van der Waals surface area contributed by atoms with Crippen LogP contribution in [0.2, 0.25) is 0 Å². The van der Waals surface area contributed by atoms with E-state index in [9.17, 15) is 13.2 Å². The number of aromatic nitrogens is 2. The molecule has 19 heavy (non-hydrogen) atoms. The van der Waals surface area contributed by atoms with Crippen molar-refractivity contribution in [3.63, 3.8) is 0 Å². The summed E-state index contributed by atoms with van der Waals surface area (Å²) in [5, 5.41) is 9.47. The Morgan fingerprint density at radius 1 is 1.37 bits per heavy atom. The first-order valence-electron chi connectivity index (χ1n) is 4.97. The number of ether oxygens (including phenoxy) is 1. The van der Waals surface area contributed by atoms with Gasteiger partial charge in [0, 0.05) is 11.8 Å². The van der Waals surface area contributed by atoms with E-state index in [1.807, 2.05) is 0 Å². The number of methoxy groups -OCH3 is 1. The smallest absolute Gasteiger partial charge is 0.416 e. The predicted molar refractivity (Wildman–Crippen MR) is 68.6 cm³/mol. The Balaban J connectivity index is 2.37. The number of anilines is 2. The van der Waals surface area contributed by atoms with Crippen molar-refractivity contribution in [2.24, 2.45) is 0 Å². The van der Waals surface area contributed by atoms with E-state index in [-0.39, 0.29) is 11.4 Å². The highest BCUT2D eigenvalue weighted by atomic mass is 32.1. The number of H-pyrrole nitrogens is 1. The molecule has 1 aromatic heterocycles. The number of hydrogen-bond donors (Lipinski definition) is 2. The molecule has 0 bridgehead atoms. The van der Waals surface area contributed by atoms with Gasteiger partial charge in [-0.25, -0.2) is 0 Å². The van der Waals surface area contributed by atoms with Gasteiger partial charge in [-0.05, 0) is 24.4 Å². The number of benzene rings is 1. The summed E-state index contributed by atoms with van der Waals surface area (Å²) in [7, 11) is 1.30. The van der Waals surface area contributed by atoms with Crippen molar-refractivity contribution in [3.05, 3.63) is 27.7 Å². The average molecular weight is 307 g/mol. The van der Waals surface area contributed by atoms with Gasteiger partial charge in [0.1, 0.15) is 5.75 Å². The van der Waals surface area contributed by atoms with E-state index in [1.54, 1.807) is 0 Å². The molecule has 0 fully saturated rings. The molecule has 0 atom stereocenters. The van der Waals surface area contributed by atoms with E-state index in [1.165, 1.54) is 13.2 Å². The molecule has 1 heterocycles. The van der Waals surface area contributed by atoms with Gasteiger partial charge in [0.25, 0.3) is 0 Å². The summed E-state index contributed by atoms with van der Waals surface area (Å²) in [6.07, 6.45) is -4.44. The fourth-order valence-electron chi connectivity index (χ4n) is 1.36. The lowest BCUT2D eigenvalue weighted by atomic mass is 10.2. The van der Waals surface area contributed by atoms with Crippen molar-refractivity contribution in [2.75, 3.05) is 12.4 Å². The molecule has 0 saturated heterocycles. The highest BCUT2D eigenvalue weighted by molar-refractivity contribution is 7.73. The number of rotatable bonds is 3. The number of hydrogen-bond acceptors (Lipinski definition) is 5. The fourth-order valence-corrected chi connectivity index (χ4v) is 2.17. The lowest BCUT2D eigenvalue weighted by Crippen LogP contribution is -2.06. The van der Waals surface area contributed by atoms with Gasteiger partial charge in [0.2, 0.25) is 5.13 Å². The molecule has 0 aliphatic heterocycles. The second-order valence-corrected chi connectivity index (χ2v) is 5.16. The summed E-state index contributed by atoms with van der Waals surface area (Å²) in [4.78, 5) is 0. The Bertz CT molecular complexity index is 635. The largest absolute Gasteiger partial charge is 0.497 e. The highest BCUT2D eigenvalue weighted by Crippen LogP contribution is 2.35. The zero-order valence-electron chi connectivity index (χ0n) is 9.54. The SMILES string of the molecule is COc1cc(Nc2n[nH]c(=S)s2)cc(C(F)(F)F)c1. The van der Waals surface area contributed by atoms with Gasteiger partial charge < -0.3 is 10.1 Å². The zero-order valence-corrected chi connectivity index (χ0v) is 11.2. The molecule has 1 aromatic carbocycles. The van der Waals surface area contributed by atoms with Crippen LogP contribution in [0, 0.1) is 3.95 Å². The van der Waals surface area contributed by atoms with Crippen LogP contribution in [0.3, 0.4) is 0 Å². The van der Waals surface area contributed by atoms with Gasteiger partial charge in [0.05, 0.1) is 12.7 Å². The van der Waals surface area contributed by atoms with Gasteiger partial charge >= 0.3 is 6.18 Å². The molecule has 2 aromatic rings. The molecular formula is C10H8F3N3OS2. The third-order valence-electron chi connectivity index (χ3n) is 2.16.